The summed E-state index contributed by atoms with van der Waals surface area (Å²) in [5.74, 6) is 0.901. The van der Waals surface area contributed by atoms with Crippen molar-refractivity contribution >= 4 is 0 Å². The Labute approximate surface area is 115 Å². The van der Waals surface area contributed by atoms with Crippen molar-refractivity contribution in [2.75, 3.05) is 40.4 Å². The van der Waals surface area contributed by atoms with Crippen LogP contribution in [0.2, 0.25) is 0 Å². The maximum Gasteiger partial charge on any atom is 0.118 e. The topological polar surface area (TPSA) is 33.7 Å². The van der Waals surface area contributed by atoms with E-state index in [1.807, 2.05) is 19.2 Å². The van der Waals surface area contributed by atoms with Gasteiger partial charge in [0.2, 0.25) is 0 Å². The molecule has 2 unspecified atom stereocenters. The van der Waals surface area contributed by atoms with E-state index in [0.29, 0.717) is 12.1 Å². The van der Waals surface area contributed by atoms with Crippen LogP contribution in [0.15, 0.2) is 24.3 Å². The van der Waals surface area contributed by atoms with Crippen molar-refractivity contribution in [1.29, 1.82) is 0 Å². The third kappa shape index (κ3) is 3.93. The Bertz CT molecular complexity index is 380. The maximum absolute atomic E-state index is 5.58. The van der Waals surface area contributed by atoms with Gasteiger partial charge in [-0.3, -0.25) is 4.90 Å². The molecule has 106 valence electrons. The number of morpholine rings is 1. The SMILES string of the molecule is CNC(CN1CCOC(C)C1)c1ccc(OC)cc1. The van der Waals surface area contributed by atoms with E-state index in [0.717, 1.165) is 32.0 Å². The van der Waals surface area contributed by atoms with Gasteiger partial charge in [0.25, 0.3) is 0 Å². The van der Waals surface area contributed by atoms with Gasteiger partial charge in [-0.2, -0.15) is 0 Å². The second-order valence-corrected chi connectivity index (χ2v) is 5.06. The van der Waals surface area contributed by atoms with E-state index in [1.165, 1.54) is 5.56 Å². The lowest BCUT2D eigenvalue weighted by Crippen LogP contribution is -2.44. The van der Waals surface area contributed by atoms with Gasteiger partial charge in [-0.15, -0.1) is 0 Å². The number of rotatable bonds is 5. The van der Waals surface area contributed by atoms with E-state index in [9.17, 15) is 0 Å². The Morgan fingerprint density at radius 3 is 2.74 bits per heavy atom. The molecular formula is C15H24N2O2. The molecule has 1 heterocycles. The highest BCUT2D eigenvalue weighted by Crippen LogP contribution is 2.19. The van der Waals surface area contributed by atoms with Gasteiger partial charge in [-0.25, -0.2) is 0 Å². The Balaban J connectivity index is 1.98. The summed E-state index contributed by atoms with van der Waals surface area (Å²) >= 11 is 0. The fourth-order valence-electron chi connectivity index (χ4n) is 2.51. The van der Waals surface area contributed by atoms with Crippen LogP contribution in [0.25, 0.3) is 0 Å². The standard InChI is InChI=1S/C15H24N2O2/c1-12-10-17(8-9-19-12)11-15(16-2)13-4-6-14(18-3)7-5-13/h4-7,12,15-16H,8-11H2,1-3H3. The summed E-state index contributed by atoms with van der Waals surface area (Å²) in [6.07, 6.45) is 0.335. The Morgan fingerprint density at radius 1 is 1.42 bits per heavy atom. The van der Waals surface area contributed by atoms with Gasteiger partial charge in [0, 0.05) is 25.7 Å². The lowest BCUT2D eigenvalue weighted by Gasteiger charge is -2.33. The van der Waals surface area contributed by atoms with Crippen LogP contribution in [-0.2, 0) is 4.74 Å². The van der Waals surface area contributed by atoms with Crippen LogP contribution < -0.4 is 10.1 Å². The first-order valence-corrected chi connectivity index (χ1v) is 6.88. The summed E-state index contributed by atoms with van der Waals surface area (Å²) in [5.41, 5.74) is 1.29. The molecule has 1 fully saturated rings. The fourth-order valence-corrected chi connectivity index (χ4v) is 2.51. The van der Waals surface area contributed by atoms with E-state index in [-0.39, 0.29) is 0 Å². The summed E-state index contributed by atoms with van der Waals surface area (Å²) in [6.45, 7) is 6.00. The molecule has 1 aromatic rings. The molecule has 1 aliphatic rings. The maximum atomic E-state index is 5.58. The monoisotopic (exact) mass is 264 g/mol. The Kier molecular flexibility index (Phi) is 5.19. The van der Waals surface area contributed by atoms with E-state index < -0.39 is 0 Å². The predicted octanol–water partition coefficient (Wildman–Crippen LogP) is 1.68. The van der Waals surface area contributed by atoms with Crippen LogP contribution in [0.1, 0.15) is 18.5 Å². The number of hydrogen-bond acceptors (Lipinski definition) is 4. The minimum absolute atomic E-state index is 0.335. The van der Waals surface area contributed by atoms with Crippen LogP contribution in [0, 0.1) is 0 Å². The number of ether oxygens (including phenoxy) is 2. The van der Waals surface area contributed by atoms with Gasteiger partial charge in [-0.1, -0.05) is 12.1 Å². The normalized spacial score (nSPS) is 22.2. The molecule has 2 atom stereocenters. The fraction of sp³-hybridized carbons (Fsp3) is 0.600. The van der Waals surface area contributed by atoms with E-state index >= 15 is 0 Å². The Morgan fingerprint density at radius 2 is 2.16 bits per heavy atom. The summed E-state index contributed by atoms with van der Waals surface area (Å²) in [7, 11) is 3.71. The van der Waals surface area contributed by atoms with Crippen molar-refractivity contribution < 1.29 is 9.47 Å². The first-order valence-electron chi connectivity index (χ1n) is 6.88. The average Bonchev–Trinajstić information content (AvgIpc) is 2.45. The summed E-state index contributed by atoms with van der Waals surface area (Å²) in [5, 5.41) is 3.39. The van der Waals surface area contributed by atoms with E-state index in [4.69, 9.17) is 9.47 Å². The minimum atomic E-state index is 0.335. The van der Waals surface area contributed by atoms with Crippen molar-refractivity contribution in [2.24, 2.45) is 0 Å². The molecule has 0 amide bonds. The summed E-state index contributed by atoms with van der Waals surface area (Å²) in [4.78, 5) is 2.46. The zero-order valence-electron chi connectivity index (χ0n) is 12.1. The first kappa shape index (κ1) is 14.3. The van der Waals surface area contributed by atoms with Crippen molar-refractivity contribution in [3.8, 4) is 5.75 Å². The minimum Gasteiger partial charge on any atom is -0.497 e. The van der Waals surface area contributed by atoms with Gasteiger partial charge >= 0.3 is 0 Å². The molecule has 0 radical (unpaired) electrons. The van der Waals surface area contributed by atoms with E-state index in [2.05, 4.69) is 29.3 Å². The summed E-state index contributed by atoms with van der Waals surface area (Å²) in [6, 6.07) is 8.63. The number of hydrogen-bond donors (Lipinski definition) is 1. The van der Waals surface area contributed by atoms with Gasteiger partial charge in [0.05, 0.1) is 19.8 Å². The molecule has 0 spiro atoms. The second kappa shape index (κ2) is 6.89. The highest BCUT2D eigenvalue weighted by Gasteiger charge is 2.20. The lowest BCUT2D eigenvalue weighted by molar-refractivity contribution is -0.0208. The first-order chi connectivity index (χ1) is 9.22. The number of nitrogens with zero attached hydrogens (tertiary/aromatic N) is 1. The van der Waals surface area contributed by atoms with Gasteiger partial charge in [0.1, 0.15) is 5.75 Å². The smallest absolute Gasteiger partial charge is 0.118 e. The molecule has 2 rings (SSSR count). The van der Waals surface area contributed by atoms with Crippen LogP contribution >= 0.6 is 0 Å². The van der Waals surface area contributed by atoms with E-state index in [1.54, 1.807) is 7.11 Å². The average molecular weight is 264 g/mol. The Hall–Kier alpha value is -1.10. The molecule has 4 heteroatoms. The molecule has 1 aliphatic heterocycles. The van der Waals surface area contributed by atoms with Gasteiger partial charge < -0.3 is 14.8 Å². The molecule has 0 saturated carbocycles. The molecule has 19 heavy (non-hydrogen) atoms. The molecule has 1 N–H and O–H groups in total. The van der Waals surface area contributed by atoms with Crippen LogP contribution in [0.3, 0.4) is 0 Å². The van der Waals surface area contributed by atoms with Gasteiger partial charge in [-0.05, 0) is 31.7 Å². The number of benzene rings is 1. The van der Waals surface area contributed by atoms with Crippen molar-refractivity contribution in [1.82, 2.24) is 10.2 Å². The highest BCUT2D eigenvalue weighted by atomic mass is 16.5. The second-order valence-electron chi connectivity index (χ2n) is 5.06. The van der Waals surface area contributed by atoms with Gasteiger partial charge in [0.15, 0.2) is 0 Å². The van der Waals surface area contributed by atoms with Crippen molar-refractivity contribution in [3.05, 3.63) is 29.8 Å². The molecule has 1 saturated heterocycles. The highest BCUT2D eigenvalue weighted by molar-refractivity contribution is 5.29. The largest absolute Gasteiger partial charge is 0.497 e. The molecule has 1 aromatic carbocycles. The molecule has 4 nitrogen and oxygen atoms in total. The molecule has 0 bridgehead atoms. The number of likely N-dealkylation sites (N-methyl/N-ethyl adjacent to an activating group) is 1. The van der Waals surface area contributed by atoms with Crippen molar-refractivity contribution in [3.63, 3.8) is 0 Å². The molecule has 0 aliphatic carbocycles. The molecular weight excluding hydrogens is 240 g/mol. The van der Waals surface area contributed by atoms with Crippen LogP contribution in [-0.4, -0.2) is 51.4 Å². The quantitative estimate of drug-likeness (QED) is 0.877. The van der Waals surface area contributed by atoms with Crippen molar-refractivity contribution in [2.45, 2.75) is 19.1 Å². The number of nitrogens with one attached hydrogen (secondary N) is 1. The number of methoxy groups -OCH3 is 1. The third-order valence-corrected chi connectivity index (χ3v) is 3.63. The van der Waals surface area contributed by atoms with Crippen LogP contribution in [0.4, 0.5) is 0 Å². The zero-order chi connectivity index (χ0) is 13.7. The van der Waals surface area contributed by atoms with Crippen LogP contribution in [0.5, 0.6) is 5.75 Å². The lowest BCUT2D eigenvalue weighted by atomic mass is 10.1. The zero-order valence-corrected chi connectivity index (χ0v) is 12.1. The third-order valence-electron chi connectivity index (χ3n) is 3.63. The predicted molar refractivity (Wildman–Crippen MR) is 76.6 cm³/mol. The molecule has 0 aromatic heterocycles. The summed E-state index contributed by atoms with van der Waals surface area (Å²) < 4.78 is 10.8.